The van der Waals surface area contributed by atoms with Crippen molar-refractivity contribution >= 4 is 23.2 Å². The number of ether oxygens (including phenoxy) is 1. The fourth-order valence-electron chi connectivity index (χ4n) is 2.07. The van der Waals surface area contributed by atoms with Crippen molar-refractivity contribution in [2.75, 3.05) is 33.4 Å². The first kappa shape index (κ1) is 15.0. The highest BCUT2D eigenvalue weighted by Gasteiger charge is 2.31. The summed E-state index contributed by atoms with van der Waals surface area (Å²) in [5.41, 5.74) is 0. The Morgan fingerprint density at radius 2 is 2.40 bits per heavy atom. The molecule has 20 heavy (non-hydrogen) atoms. The van der Waals surface area contributed by atoms with E-state index in [-0.39, 0.29) is 19.1 Å². The second-order valence-electron chi connectivity index (χ2n) is 4.73. The van der Waals surface area contributed by atoms with Crippen LogP contribution in [0.25, 0.3) is 0 Å². The van der Waals surface area contributed by atoms with Gasteiger partial charge in [-0.3, -0.25) is 14.5 Å². The molecule has 110 valence electrons. The third kappa shape index (κ3) is 3.78. The Kier molecular flexibility index (Phi) is 5.11. The third-order valence-corrected chi connectivity index (χ3v) is 4.12. The van der Waals surface area contributed by atoms with Crippen LogP contribution in [0.2, 0.25) is 0 Å². The molecule has 2 heterocycles. The highest BCUT2D eigenvalue weighted by Crippen LogP contribution is 2.12. The Bertz CT molecular complexity index is 463. The predicted octanol–water partition coefficient (Wildman–Crippen LogP) is 0.492. The molecule has 7 heteroatoms. The molecule has 1 atom stereocenters. The Labute approximate surface area is 121 Å². The average Bonchev–Trinajstić information content (AvgIpc) is 2.91. The summed E-state index contributed by atoms with van der Waals surface area (Å²) in [7, 11) is 1.73. The van der Waals surface area contributed by atoms with Gasteiger partial charge >= 0.3 is 5.97 Å². The molecule has 1 amide bonds. The summed E-state index contributed by atoms with van der Waals surface area (Å²) in [4.78, 5) is 27.7. The summed E-state index contributed by atoms with van der Waals surface area (Å²) in [5.74, 6) is -1.02. The van der Waals surface area contributed by atoms with E-state index in [1.807, 2.05) is 17.5 Å². The average molecular weight is 298 g/mol. The molecule has 0 saturated carbocycles. The maximum absolute atomic E-state index is 12.2. The van der Waals surface area contributed by atoms with Crippen molar-refractivity contribution in [3.63, 3.8) is 0 Å². The number of aliphatic carboxylic acids is 1. The van der Waals surface area contributed by atoms with Crippen LogP contribution in [0.5, 0.6) is 0 Å². The van der Waals surface area contributed by atoms with Gasteiger partial charge in [0.05, 0.1) is 26.3 Å². The quantitative estimate of drug-likeness (QED) is 0.857. The molecule has 1 aliphatic rings. The lowest BCUT2D eigenvalue weighted by molar-refractivity contribution is -0.151. The molecule has 1 aliphatic heterocycles. The summed E-state index contributed by atoms with van der Waals surface area (Å²) in [5, 5.41) is 11.1. The van der Waals surface area contributed by atoms with Gasteiger partial charge < -0.3 is 14.7 Å². The number of hydrogen-bond acceptors (Lipinski definition) is 5. The third-order valence-electron chi connectivity index (χ3n) is 3.26. The van der Waals surface area contributed by atoms with Crippen molar-refractivity contribution in [3.05, 3.63) is 22.4 Å². The van der Waals surface area contributed by atoms with Gasteiger partial charge in [0.2, 0.25) is 5.91 Å². The van der Waals surface area contributed by atoms with Gasteiger partial charge in [0, 0.05) is 18.5 Å². The van der Waals surface area contributed by atoms with E-state index in [1.165, 1.54) is 0 Å². The first-order valence-corrected chi connectivity index (χ1v) is 7.27. The zero-order valence-electron chi connectivity index (χ0n) is 11.3. The van der Waals surface area contributed by atoms with Crippen LogP contribution in [-0.2, 0) is 20.9 Å². The summed E-state index contributed by atoms with van der Waals surface area (Å²) < 4.78 is 5.16. The van der Waals surface area contributed by atoms with E-state index in [1.54, 1.807) is 28.2 Å². The van der Waals surface area contributed by atoms with Gasteiger partial charge in [-0.25, -0.2) is 0 Å². The number of rotatable bonds is 5. The number of likely N-dealkylation sites (N-methyl/N-ethyl adjacent to an activating group) is 1. The van der Waals surface area contributed by atoms with Crippen molar-refractivity contribution in [2.24, 2.45) is 0 Å². The molecule has 6 nitrogen and oxygen atoms in total. The Morgan fingerprint density at radius 3 is 3.05 bits per heavy atom. The van der Waals surface area contributed by atoms with Crippen LogP contribution in [0.4, 0.5) is 0 Å². The van der Waals surface area contributed by atoms with Crippen LogP contribution in [0.1, 0.15) is 4.88 Å². The highest BCUT2D eigenvalue weighted by molar-refractivity contribution is 7.09. The zero-order chi connectivity index (χ0) is 14.5. The van der Waals surface area contributed by atoms with Gasteiger partial charge in [0.1, 0.15) is 6.04 Å². The second-order valence-corrected chi connectivity index (χ2v) is 5.76. The minimum absolute atomic E-state index is 0.0773. The van der Waals surface area contributed by atoms with E-state index in [9.17, 15) is 9.59 Å². The maximum atomic E-state index is 12.2. The highest BCUT2D eigenvalue weighted by atomic mass is 32.1. The first-order chi connectivity index (χ1) is 9.58. The number of carbonyl (C=O) groups excluding carboxylic acids is 1. The minimum Gasteiger partial charge on any atom is -0.480 e. The summed E-state index contributed by atoms with van der Waals surface area (Å²) in [6, 6.07) is 3.19. The van der Waals surface area contributed by atoms with Crippen molar-refractivity contribution < 1.29 is 19.4 Å². The SMILES string of the molecule is CN(Cc1cccs1)C(=O)CN1CCOCC1C(=O)O. The smallest absolute Gasteiger partial charge is 0.323 e. The largest absolute Gasteiger partial charge is 0.480 e. The van der Waals surface area contributed by atoms with E-state index in [4.69, 9.17) is 9.84 Å². The molecule has 0 spiro atoms. The number of hydrogen-bond donors (Lipinski definition) is 1. The van der Waals surface area contributed by atoms with Crippen LogP contribution in [-0.4, -0.2) is 66.2 Å². The van der Waals surface area contributed by atoms with Crippen LogP contribution in [0, 0.1) is 0 Å². The fourth-order valence-corrected chi connectivity index (χ4v) is 2.83. The molecule has 2 rings (SSSR count). The monoisotopic (exact) mass is 298 g/mol. The van der Waals surface area contributed by atoms with E-state index >= 15 is 0 Å². The molecule has 0 radical (unpaired) electrons. The van der Waals surface area contributed by atoms with Crippen molar-refractivity contribution in [1.82, 2.24) is 9.80 Å². The van der Waals surface area contributed by atoms with Crippen molar-refractivity contribution in [2.45, 2.75) is 12.6 Å². The second kappa shape index (κ2) is 6.83. The first-order valence-electron chi connectivity index (χ1n) is 6.39. The number of morpholine rings is 1. The molecule has 1 fully saturated rings. The number of carboxylic acid groups (broad SMARTS) is 1. The van der Waals surface area contributed by atoms with Crippen LogP contribution < -0.4 is 0 Å². The van der Waals surface area contributed by atoms with E-state index in [2.05, 4.69) is 0 Å². The Balaban J connectivity index is 1.90. The maximum Gasteiger partial charge on any atom is 0.323 e. The van der Waals surface area contributed by atoms with Crippen molar-refractivity contribution in [3.8, 4) is 0 Å². The summed E-state index contributed by atoms with van der Waals surface area (Å²) in [6.45, 7) is 1.74. The molecule has 1 N–H and O–H groups in total. The van der Waals surface area contributed by atoms with Gasteiger partial charge in [-0.05, 0) is 11.4 Å². The molecule has 1 saturated heterocycles. The molecular weight excluding hydrogens is 280 g/mol. The topological polar surface area (TPSA) is 70.1 Å². The number of carbonyl (C=O) groups is 2. The van der Waals surface area contributed by atoms with E-state index < -0.39 is 12.0 Å². The van der Waals surface area contributed by atoms with Gasteiger partial charge in [-0.15, -0.1) is 11.3 Å². The van der Waals surface area contributed by atoms with Gasteiger partial charge in [-0.1, -0.05) is 6.07 Å². The summed E-state index contributed by atoms with van der Waals surface area (Å²) in [6.07, 6.45) is 0. The molecule has 1 unspecified atom stereocenters. The lowest BCUT2D eigenvalue weighted by Gasteiger charge is -2.33. The van der Waals surface area contributed by atoms with Gasteiger partial charge in [-0.2, -0.15) is 0 Å². The predicted molar refractivity (Wildman–Crippen MR) is 74.6 cm³/mol. The van der Waals surface area contributed by atoms with Crippen molar-refractivity contribution in [1.29, 1.82) is 0 Å². The standard InChI is InChI=1S/C13H18N2O4S/c1-14(7-10-3-2-6-20-10)12(16)8-15-4-5-19-9-11(15)13(17)18/h2-3,6,11H,4-5,7-9H2,1H3,(H,17,18). The van der Waals surface area contributed by atoms with E-state index in [0.717, 1.165) is 4.88 Å². The molecular formula is C13H18N2O4S. The van der Waals surface area contributed by atoms with Crippen LogP contribution in [0.3, 0.4) is 0 Å². The molecule has 0 aliphatic carbocycles. The molecule has 0 bridgehead atoms. The van der Waals surface area contributed by atoms with Gasteiger partial charge in [0.15, 0.2) is 0 Å². The minimum atomic E-state index is -0.946. The van der Waals surface area contributed by atoms with Gasteiger partial charge in [0.25, 0.3) is 0 Å². The number of nitrogens with zero attached hydrogens (tertiary/aromatic N) is 2. The van der Waals surface area contributed by atoms with E-state index in [0.29, 0.717) is 19.7 Å². The zero-order valence-corrected chi connectivity index (χ0v) is 12.1. The lowest BCUT2D eigenvalue weighted by Crippen LogP contribution is -2.53. The van der Waals surface area contributed by atoms with Crippen LogP contribution >= 0.6 is 11.3 Å². The number of carboxylic acids is 1. The Hall–Kier alpha value is -1.44. The normalized spacial score (nSPS) is 19.8. The Morgan fingerprint density at radius 1 is 1.60 bits per heavy atom. The summed E-state index contributed by atoms with van der Waals surface area (Å²) >= 11 is 1.60. The molecule has 1 aromatic rings. The lowest BCUT2D eigenvalue weighted by atomic mass is 10.2. The van der Waals surface area contributed by atoms with Crippen LogP contribution in [0.15, 0.2) is 17.5 Å². The molecule has 1 aromatic heterocycles. The number of thiophene rings is 1. The molecule has 0 aromatic carbocycles. The fraction of sp³-hybridized carbons (Fsp3) is 0.538. The number of amides is 1.